The number of furan rings is 1. The molecule has 34 heavy (non-hydrogen) atoms. The first-order valence-electron chi connectivity index (χ1n) is 11.2. The number of rotatable bonds is 4. The van der Waals surface area contributed by atoms with Crippen molar-refractivity contribution in [3.8, 4) is 22.6 Å². The summed E-state index contributed by atoms with van der Waals surface area (Å²) in [6.07, 6.45) is 3.57. The highest BCUT2D eigenvalue weighted by molar-refractivity contribution is 5.90. The summed E-state index contributed by atoms with van der Waals surface area (Å²) in [4.78, 5) is 36.0. The Morgan fingerprint density at radius 1 is 1.09 bits per heavy atom. The molecule has 0 unspecified atom stereocenters. The van der Waals surface area contributed by atoms with Gasteiger partial charge in [-0.25, -0.2) is 9.78 Å². The molecule has 0 aromatic carbocycles. The van der Waals surface area contributed by atoms with Crippen molar-refractivity contribution in [2.24, 2.45) is 0 Å². The number of aromatic nitrogens is 3. The maximum atomic E-state index is 12.9. The number of hydrogen-bond donors (Lipinski definition) is 1. The maximum Gasteiger partial charge on any atom is 0.323 e. The summed E-state index contributed by atoms with van der Waals surface area (Å²) in [5, 5.41) is 2.90. The SMILES string of the molecule is Cc1ccc(-c2nc(NC(=O)N3Cc4cccnc4C3)ccc2-c2ccc(=O)n(C(C)C)c2)o1. The normalized spacial score (nSPS) is 12.8. The van der Waals surface area contributed by atoms with E-state index < -0.39 is 0 Å². The molecule has 172 valence electrons. The summed E-state index contributed by atoms with van der Waals surface area (Å²) in [6.45, 7) is 6.76. The summed E-state index contributed by atoms with van der Waals surface area (Å²) in [7, 11) is 0. The lowest BCUT2D eigenvalue weighted by molar-refractivity contribution is 0.212. The zero-order chi connectivity index (χ0) is 23.8. The molecule has 1 aliphatic heterocycles. The van der Waals surface area contributed by atoms with Crippen LogP contribution in [-0.2, 0) is 13.1 Å². The molecule has 0 bridgehead atoms. The van der Waals surface area contributed by atoms with E-state index >= 15 is 0 Å². The molecule has 4 aromatic rings. The van der Waals surface area contributed by atoms with Crippen molar-refractivity contribution < 1.29 is 9.21 Å². The van der Waals surface area contributed by atoms with Crippen molar-refractivity contribution in [2.75, 3.05) is 5.32 Å². The van der Waals surface area contributed by atoms with E-state index in [-0.39, 0.29) is 17.6 Å². The Morgan fingerprint density at radius 2 is 1.94 bits per heavy atom. The number of fused-ring (bicyclic) bond motifs is 1. The zero-order valence-electron chi connectivity index (χ0n) is 19.3. The minimum absolute atomic E-state index is 0.0207. The first kappa shape index (κ1) is 21.6. The Balaban J connectivity index is 1.48. The molecule has 5 heterocycles. The van der Waals surface area contributed by atoms with Crippen molar-refractivity contribution in [3.05, 3.63) is 88.3 Å². The minimum Gasteiger partial charge on any atom is -0.460 e. The van der Waals surface area contributed by atoms with Gasteiger partial charge in [0.05, 0.1) is 12.2 Å². The standard InChI is InChI=1S/C26H25N5O3/c1-16(2)31-14-18(7-11-24(31)32)20-8-10-23(28-25(20)22-9-6-17(3)34-22)29-26(33)30-13-19-5-4-12-27-21(19)15-30/h4-12,14,16H,13,15H2,1-3H3,(H,28,29,33). The highest BCUT2D eigenvalue weighted by Gasteiger charge is 2.25. The van der Waals surface area contributed by atoms with Crippen LogP contribution in [0.2, 0.25) is 0 Å². The van der Waals surface area contributed by atoms with Crippen LogP contribution in [-0.4, -0.2) is 25.5 Å². The van der Waals surface area contributed by atoms with Gasteiger partial charge < -0.3 is 13.9 Å². The Labute approximate surface area is 196 Å². The highest BCUT2D eigenvalue weighted by Crippen LogP contribution is 2.33. The highest BCUT2D eigenvalue weighted by atomic mass is 16.3. The molecule has 0 spiro atoms. The number of pyridine rings is 3. The van der Waals surface area contributed by atoms with Crippen LogP contribution in [0.3, 0.4) is 0 Å². The Hall–Kier alpha value is -4.20. The lowest BCUT2D eigenvalue weighted by Crippen LogP contribution is -2.30. The summed E-state index contributed by atoms with van der Waals surface area (Å²) in [5.41, 5.74) is 4.13. The van der Waals surface area contributed by atoms with Gasteiger partial charge in [0.1, 0.15) is 17.3 Å². The molecular formula is C26H25N5O3. The first-order chi connectivity index (χ1) is 16.4. The van der Waals surface area contributed by atoms with Crippen molar-refractivity contribution in [3.63, 3.8) is 0 Å². The maximum absolute atomic E-state index is 12.9. The first-order valence-corrected chi connectivity index (χ1v) is 11.2. The molecule has 0 saturated carbocycles. The van der Waals surface area contributed by atoms with Crippen molar-refractivity contribution >= 4 is 11.8 Å². The van der Waals surface area contributed by atoms with Crippen molar-refractivity contribution in [1.29, 1.82) is 0 Å². The minimum atomic E-state index is -0.242. The van der Waals surface area contributed by atoms with Crippen LogP contribution >= 0.6 is 0 Å². The number of carbonyl (C=O) groups excluding carboxylic acids is 1. The molecule has 0 saturated heterocycles. The Morgan fingerprint density at radius 3 is 2.68 bits per heavy atom. The predicted octanol–water partition coefficient (Wildman–Crippen LogP) is 5.00. The van der Waals surface area contributed by atoms with Gasteiger partial charge in [0, 0.05) is 42.2 Å². The third-order valence-electron chi connectivity index (χ3n) is 5.88. The monoisotopic (exact) mass is 455 g/mol. The lowest BCUT2D eigenvalue weighted by atomic mass is 10.0. The van der Waals surface area contributed by atoms with E-state index in [9.17, 15) is 9.59 Å². The number of anilines is 1. The Kier molecular flexibility index (Phi) is 5.49. The fraction of sp³-hybridized carbons (Fsp3) is 0.231. The summed E-state index contributed by atoms with van der Waals surface area (Å²) < 4.78 is 7.55. The van der Waals surface area contributed by atoms with Crippen LogP contribution < -0.4 is 10.9 Å². The van der Waals surface area contributed by atoms with E-state index in [0.29, 0.717) is 30.4 Å². The predicted molar refractivity (Wildman–Crippen MR) is 129 cm³/mol. The number of nitrogens with zero attached hydrogens (tertiary/aromatic N) is 4. The molecule has 4 aromatic heterocycles. The van der Waals surface area contributed by atoms with Gasteiger partial charge in [-0.3, -0.25) is 15.1 Å². The molecule has 0 aliphatic carbocycles. The smallest absolute Gasteiger partial charge is 0.323 e. The number of aryl methyl sites for hydroxylation is 1. The lowest BCUT2D eigenvalue weighted by Gasteiger charge is -2.17. The largest absolute Gasteiger partial charge is 0.460 e. The molecule has 5 rings (SSSR count). The summed E-state index contributed by atoms with van der Waals surface area (Å²) in [5.74, 6) is 1.76. The van der Waals surface area contributed by atoms with Crippen LogP contribution in [0.5, 0.6) is 0 Å². The second kappa shape index (κ2) is 8.62. The topological polar surface area (TPSA) is 93.3 Å². The van der Waals surface area contributed by atoms with Crippen LogP contribution in [0.15, 0.2) is 70.1 Å². The number of carbonyl (C=O) groups is 1. The third kappa shape index (κ3) is 4.10. The van der Waals surface area contributed by atoms with Crippen LogP contribution in [0.4, 0.5) is 10.6 Å². The fourth-order valence-corrected chi connectivity index (χ4v) is 4.11. The zero-order valence-corrected chi connectivity index (χ0v) is 19.3. The molecule has 8 heteroatoms. The molecule has 1 aliphatic rings. The van der Waals surface area contributed by atoms with Gasteiger partial charge in [0.15, 0.2) is 5.76 Å². The van der Waals surface area contributed by atoms with E-state index in [1.54, 1.807) is 33.9 Å². The molecule has 1 N–H and O–H groups in total. The summed E-state index contributed by atoms with van der Waals surface area (Å²) >= 11 is 0. The molecule has 0 radical (unpaired) electrons. The van der Waals surface area contributed by atoms with E-state index in [1.165, 1.54) is 0 Å². The van der Waals surface area contributed by atoms with E-state index in [2.05, 4.69) is 10.3 Å². The molecule has 0 fully saturated rings. The number of hydrogen-bond acceptors (Lipinski definition) is 5. The second-order valence-electron chi connectivity index (χ2n) is 8.66. The van der Waals surface area contributed by atoms with E-state index in [0.717, 1.165) is 28.1 Å². The molecule has 8 nitrogen and oxygen atoms in total. The average Bonchev–Trinajstić information content (AvgIpc) is 3.45. The number of nitrogens with one attached hydrogen (secondary N) is 1. The summed E-state index contributed by atoms with van der Waals surface area (Å²) in [6, 6.07) is 14.4. The van der Waals surface area contributed by atoms with Crippen LogP contribution in [0.25, 0.3) is 22.6 Å². The molecule has 0 atom stereocenters. The van der Waals surface area contributed by atoms with Crippen molar-refractivity contribution in [1.82, 2.24) is 19.4 Å². The third-order valence-corrected chi connectivity index (χ3v) is 5.88. The van der Waals surface area contributed by atoms with Gasteiger partial charge >= 0.3 is 6.03 Å². The quantitative estimate of drug-likeness (QED) is 0.467. The number of urea groups is 1. The van der Waals surface area contributed by atoms with Gasteiger partial charge in [0.25, 0.3) is 5.56 Å². The van der Waals surface area contributed by atoms with Crippen LogP contribution in [0, 0.1) is 6.92 Å². The van der Waals surface area contributed by atoms with Gasteiger partial charge in [0.2, 0.25) is 0 Å². The fourth-order valence-electron chi connectivity index (χ4n) is 4.11. The van der Waals surface area contributed by atoms with Crippen molar-refractivity contribution in [2.45, 2.75) is 39.9 Å². The number of amides is 2. The van der Waals surface area contributed by atoms with Gasteiger partial charge in [-0.05, 0) is 62.7 Å². The van der Waals surface area contributed by atoms with Gasteiger partial charge in [-0.2, -0.15) is 0 Å². The second-order valence-corrected chi connectivity index (χ2v) is 8.66. The van der Waals surface area contributed by atoms with Gasteiger partial charge in [-0.15, -0.1) is 0 Å². The Bertz CT molecular complexity index is 1410. The molecular weight excluding hydrogens is 430 g/mol. The van der Waals surface area contributed by atoms with E-state index in [1.807, 2.05) is 57.3 Å². The average molecular weight is 456 g/mol. The van der Waals surface area contributed by atoms with Crippen LogP contribution in [0.1, 0.15) is 36.9 Å². The van der Waals surface area contributed by atoms with E-state index in [4.69, 9.17) is 9.40 Å². The van der Waals surface area contributed by atoms with Gasteiger partial charge in [-0.1, -0.05) is 6.07 Å². The molecule has 2 amide bonds.